The van der Waals surface area contributed by atoms with E-state index in [0.717, 1.165) is 12.0 Å². The van der Waals surface area contributed by atoms with Gasteiger partial charge in [0.15, 0.2) is 0 Å². The van der Waals surface area contributed by atoms with Crippen molar-refractivity contribution in [1.29, 1.82) is 0 Å². The first-order valence-corrected chi connectivity index (χ1v) is 5.77. The number of hydrogen-bond acceptors (Lipinski definition) is 2. The van der Waals surface area contributed by atoms with E-state index in [-0.39, 0.29) is 12.1 Å². The summed E-state index contributed by atoms with van der Waals surface area (Å²) in [4.78, 5) is 11.8. The molecule has 16 heavy (non-hydrogen) atoms. The second-order valence-electron chi connectivity index (χ2n) is 4.66. The van der Waals surface area contributed by atoms with Crippen LogP contribution in [-0.2, 0) is 4.74 Å². The maximum absolute atomic E-state index is 11.8. The van der Waals surface area contributed by atoms with Crippen molar-refractivity contribution in [2.45, 2.75) is 40.2 Å². The van der Waals surface area contributed by atoms with Crippen molar-refractivity contribution in [1.82, 2.24) is 0 Å². The van der Waals surface area contributed by atoms with Crippen molar-refractivity contribution in [3.63, 3.8) is 0 Å². The molecule has 0 aliphatic heterocycles. The van der Waals surface area contributed by atoms with Crippen LogP contribution in [0.15, 0.2) is 24.3 Å². The summed E-state index contributed by atoms with van der Waals surface area (Å²) in [6.45, 7) is 8.11. The van der Waals surface area contributed by atoms with Gasteiger partial charge < -0.3 is 4.74 Å². The average Bonchev–Trinajstić information content (AvgIpc) is 2.16. The minimum Gasteiger partial charge on any atom is -0.459 e. The normalized spacial score (nSPS) is 12.6. The van der Waals surface area contributed by atoms with E-state index >= 15 is 0 Å². The quantitative estimate of drug-likeness (QED) is 0.725. The third-order valence-corrected chi connectivity index (χ3v) is 2.48. The number of ether oxygens (including phenoxy) is 1. The van der Waals surface area contributed by atoms with E-state index in [4.69, 9.17) is 4.74 Å². The van der Waals surface area contributed by atoms with Crippen molar-refractivity contribution < 1.29 is 9.53 Å². The molecule has 2 heteroatoms. The van der Waals surface area contributed by atoms with Gasteiger partial charge in [-0.05, 0) is 37.8 Å². The summed E-state index contributed by atoms with van der Waals surface area (Å²) in [5.41, 5.74) is 1.63. The Morgan fingerprint density at radius 1 is 1.25 bits per heavy atom. The molecular formula is C14H20O2. The highest BCUT2D eigenvalue weighted by Gasteiger charge is 2.14. The summed E-state index contributed by atoms with van der Waals surface area (Å²) < 4.78 is 5.39. The zero-order valence-electron chi connectivity index (χ0n) is 10.5. The molecule has 1 aromatic carbocycles. The summed E-state index contributed by atoms with van der Waals surface area (Å²) in [6.07, 6.45) is 0.879. The number of aryl methyl sites for hydroxylation is 1. The Morgan fingerprint density at radius 2 is 1.88 bits per heavy atom. The third kappa shape index (κ3) is 3.69. The largest absolute Gasteiger partial charge is 0.459 e. The number of carbonyl (C=O) groups is 1. The molecule has 0 aromatic heterocycles. The van der Waals surface area contributed by atoms with Gasteiger partial charge in [0, 0.05) is 0 Å². The van der Waals surface area contributed by atoms with Crippen LogP contribution < -0.4 is 0 Å². The smallest absolute Gasteiger partial charge is 0.338 e. The summed E-state index contributed by atoms with van der Waals surface area (Å²) >= 11 is 0. The fourth-order valence-corrected chi connectivity index (χ4v) is 1.76. The van der Waals surface area contributed by atoms with Crippen LogP contribution in [0.1, 0.15) is 43.1 Å². The van der Waals surface area contributed by atoms with Gasteiger partial charge in [-0.25, -0.2) is 4.79 Å². The minimum absolute atomic E-state index is 0.0212. The number of hydrogen-bond donors (Lipinski definition) is 0. The molecule has 0 amide bonds. The van der Waals surface area contributed by atoms with Crippen LogP contribution in [0, 0.1) is 12.8 Å². The summed E-state index contributed by atoms with van der Waals surface area (Å²) in [7, 11) is 0. The van der Waals surface area contributed by atoms with Gasteiger partial charge in [0.05, 0.1) is 11.7 Å². The summed E-state index contributed by atoms with van der Waals surface area (Å²) in [6, 6.07) is 7.50. The molecule has 0 aliphatic carbocycles. The molecule has 0 fully saturated rings. The van der Waals surface area contributed by atoms with E-state index in [2.05, 4.69) is 13.8 Å². The molecule has 88 valence electrons. The molecule has 0 saturated carbocycles. The zero-order chi connectivity index (χ0) is 12.1. The number of esters is 1. The average molecular weight is 220 g/mol. The molecule has 1 atom stereocenters. The lowest BCUT2D eigenvalue weighted by molar-refractivity contribution is 0.0299. The predicted molar refractivity (Wildman–Crippen MR) is 65.5 cm³/mol. The SMILES string of the molecule is Cc1ccccc1C(=O)OC(C)CC(C)C. The number of rotatable bonds is 4. The van der Waals surface area contributed by atoms with Crippen molar-refractivity contribution in [3.8, 4) is 0 Å². The Balaban J connectivity index is 2.63. The monoisotopic (exact) mass is 220 g/mol. The molecular weight excluding hydrogens is 200 g/mol. The third-order valence-electron chi connectivity index (χ3n) is 2.48. The Labute approximate surface area is 97.6 Å². The second kappa shape index (κ2) is 5.69. The van der Waals surface area contributed by atoms with E-state index < -0.39 is 0 Å². The maximum Gasteiger partial charge on any atom is 0.338 e. The Kier molecular flexibility index (Phi) is 4.53. The molecule has 0 aliphatic rings. The van der Waals surface area contributed by atoms with Gasteiger partial charge in [0.1, 0.15) is 0 Å². The lowest BCUT2D eigenvalue weighted by Gasteiger charge is -2.15. The second-order valence-corrected chi connectivity index (χ2v) is 4.66. The van der Waals surface area contributed by atoms with E-state index in [9.17, 15) is 4.79 Å². The Bertz CT molecular complexity index is 356. The van der Waals surface area contributed by atoms with Gasteiger partial charge in [0.25, 0.3) is 0 Å². The van der Waals surface area contributed by atoms with E-state index in [0.29, 0.717) is 11.5 Å². The first-order valence-electron chi connectivity index (χ1n) is 5.77. The van der Waals surface area contributed by atoms with Gasteiger partial charge in [0.2, 0.25) is 0 Å². The van der Waals surface area contributed by atoms with Gasteiger partial charge >= 0.3 is 5.97 Å². The topological polar surface area (TPSA) is 26.3 Å². The Hall–Kier alpha value is -1.31. The van der Waals surface area contributed by atoms with Crippen molar-refractivity contribution in [2.24, 2.45) is 5.92 Å². The zero-order valence-corrected chi connectivity index (χ0v) is 10.5. The molecule has 1 rings (SSSR count). The maximum atomic E-state index is 11.8. The molecule has 2 nitrogen and oxygen atoms in total. The van der Waals surface area contributed by atoms with Crippen LogP contribution >= 0.6 is 0 Å². The lowest BCUT2D eigenvalue weighted by Crippen LogP contribution is -2.17. The molecule has 0 saturated heterocycles. The molecule has 0 spiro atoms. The predicted octanol–water partition coefficient (Wildman–Crippen LogP) is 3.59. The van der Waals surface area contributed by atoms with Crippen LogP contribution in [0.2, 0.25) is 0 Å². The fourth-order valence-electron chi connectivity index (χ4n) is 1.76. The van der Waals surface area contributed by atoms with E-state index in [1.165, 1.54) is 0 Å². The van der Waals surface area contributed by atoms with Crippen LogP contribution in [0.25, 0.3) is 0 Å². The van der Waals surface area contributed by atoms with Crippen LogP contribution in [-0.4, -0.2) is 12.1 Å². The number of benzene rings is 1. The van der Waals surface area contributed by atoms with E-state index in [1.807, 2.05) is 32.0 Å². The van der Waals surface area contributed by atoms with Crippen LogP contribution in [0.3, 0.4) is 0 Å². The first kappa shape index (κ1) is 12.8. The summed E-state index contributed by atoms with van der Waals surface area (Å²) in [5, 5.41) is 0. The highest BCUT2D eigenvalue weighted by atomic mass is 16.5. The highest BCUT2D eigenvalue weighted by Crippen LogP contribution is 2.13. The lowest BCUT2D eigenvalue weighted by atomic mass is 10.1. The molecule has 0 heterocycles. The van der Waals surface area contributed by atoms with Crippen LogP contribution in [0.4, 0.5) is 0 Å². The van der Waals surface area contributed by atoms with Crippen molar-refractivity contribution >= 4 is 5.97 Å². The minimum atomic E-state index is -0.216. The fraction of sp³-hybridized carbons (Fsp3) is 0.500. The molecule has 0 radical (unpaired) electrons. The first-order chi connectivity index (χ1) is 7.50. The molecule has 0 bridgehead atoms. The van der Waals surface area contributed by atoms with Crippen molar-refractivity contribution in [2.75, 3.05) is 0 Å². The van der Waals surface area contributed by atoms with Gasteiger partial charge in [-0.15, -0.1) is 0 Å². The van der Waals surface area contributed by atoms with Gasteiger partial charge in [-0.1, -0.05) is 32.0 Å². The van der Waals surface area contributed by atoms with Crippen molar-refractivity contribution in [3.05, 3.63) is 35.4 Å². The van der Waals surface area contributed by atoms with E-state index in [1.54, 1.807) is 6.07 Å². The molecule has 0 N–H and O–H groups in total. The standard InChI is InChI=1S/C14H20O2/c1-10(2)9-12(4)16-14(15)13-8-6-5-7-11(13)3/h5-8,10,12H,9H2,1-4H3. The highest BCUT2D eigenvalue weighted by molar-refractivity contribution is 5.91. The van der Waals surface area contributed by atoms with Gasteiger partial charge in [-0.2, -0.15) is 0 Å². The van der Waals surface area contributed by atoms with Crippen LogP contribution in [0.5, 0.6) is 0 Å². The number of carbonyl (C=O) groups excluding carboxylic acids is 1. The summed E-state index contributed by atoms with van der Waals surface area (Å²) in [5.74, 6) is 0.325. The Morgan fingerprint density at radius 3 is 2.44 bits per heavy atom. The molecule has 1 unspecified atom stereocenters. The molecule has 1 aromatic rings. The van der Waals surface area contributed by atoms with Gasteiger partial charge in [-0.3, -0.25) is 0 Å².